The van der Waals surface area contributed by atoms with Crippen LogP contribution in [0.15, 0.2) is 29.3 Å². The third kappa shape index (κ3) is 7.83. The van der Waals surface area contributed by atoms with Crippen molar-refractivity contribution in [1.82, 2.24) is 20.9 Å². The molecule has 1 aromatic carbocycles. The van der Waals surface area contributed by atoms with E-state index in [-0.39, 0.29) is 42.5 Å². The Morgan fingerprint density at radius 3 is 2.32 bits per heavy atom. The second-order valence-electron chi connectivity index (χ2n) is 6.56. The van der Waals surface area contributed by atoms with Crippen LogP contribution in [0, 0.1) is 0 Å². The standard InChI is InChI=1S/C20H33N5O2.HI/c1-4-21-19(26)15-24-20(22-5-2)23-14-18(25-12-6-7-13-25)16-8-10-17(27-3)11-9-16;/h8-11,18H,4-7,12-15H2,1-3H3,(H,21,26)(H2,22,23,24);1H. The fourth-order valence-electron chi connectivity index (χ4n) is 3.28. The van der Waals surface area contributed by atoms with E-state index in [0.29, 0.717) is 12.5 Å². The molecule has 1 atom stereocenters. The molecule has 1 aromatic rings. The van der Waals surface area contributed by atoms with E-state index >= 15 is 0 Å². The number of halogens is 1. The molecule has 0 saturated carbocycles. The number of likely N-dealkylation sites (N-methyl/N-ethyl adjacent to an activating group) is 1. The number of rotatable bonds is 9. The fraction of sp³-hybridized carbons (Fsp3) is 0.600. The average Bonchev–Trinajstić information content (AvgIpc) is 3.21. The van der Waals surface area contributed by atoms with Crippen molar-refractivity contribution in [3.63, 3.8) is 0 Å². The molecule has 0 aromatic heterocycles. The Labute approximate surface area is 185 Å². The summed E-state index contributed by atoms with van der Waals surface area (Å²) in [4.78, 5) is 18.6. The zero-order valence-corrected chi connectivity index (χ0v) is 19.5. The van der Waals surface area contributed by atoms with Crippen molar-refractivity contribution in [1.29, 1.82) is 0 Å². The smallest absolute Gasteiger partial charge is 0.241 e. The van der Waals surface area contributed by atoms with Gasteiger partial charge in [0.25, 0.3) is 0 Å². The summed E-state index contributed by atoms with van der Waals surface area (Å²) in [6, 6.07) is 8.52. The van der Waals surface area contributed by atoms with E-state index in [1.807, 2.05) is 26.0 Å². The summed E-state index contributed by atoms with van der Waals surface area (Å²) < 4.78 is 5.28. The Morgan fingerprint density at radius 1 is 1.11 bits per heavy atom. The summed E-state index contributed by atoms with van der Waals surface area (Å²) in [5.41, 5.74) is 1.25. The Bertz CT molecular complexity index is 603. The minimum Gasteiger partial charge on any atom is -0.497 e. The van der Waals surface area contributed by atoms with Gasteiger partial charge in [0.15, 0.2) is 5.96 Å². The highest BCUT2D eigenvalue weighted by molar-refractivity contribution is 14.0. The topological polar surface area (TPSA) is 78.0 Å². The van der Waals surface area contributed by atoms with E-state index in [0.717, 1.165) is 31.9 Å². The Morgan fingerprint density at radius 2 is 1.75 bits per heavy atom. The number of nitrogens with zero attached hydrogens (tertiary/aromatic N) is 2. The van der Waals surface area contributed by atoms with Crippen LogP contribution in [0.1, 0.15) is 38.3 Å². The Hall–Kier alpha value is -1.55. The monoisotopic (exact) mass is 503 g/mol. The van der Waals surface area contributed by atoms with Gasteiger partial charge in [-0.2, -0.15) is 0 Å². The molecule has 0 bridgehead atoms. The highest BCUT2D eigenvalue weighted by atomic mass is 127. The first kappa shape index (κ1) is 24.5. The third-order valence-corrected chi connectivity index (χ3v) is 4.64. The van der Waals surface area contributed by atoms with Crippen molar-refractivity contribution in [2.24, 2.45) is 4.99 Å². The van der Waals surface area contributed by atoms with E-state index in [4.69, 9.17) is 4.74 Å². The van der Waals surface area contributed by atoms with Crippen LogP contribution >= 0.6 is 24.0 Å². The second kappa shape index (κ2) is 13.6. The molecular weight excluding hydrogens is 469 g/mol. The van der Waals surface area contributed by atoms with Gasteiger partial charge in [-0.3, -0.25) is 9.69 Å². The minimum atomic E-state index is -0.0686. The van der Waals surface area contributed by atoms with Crippen LogP contribution < -0.4 is 20.7 Å². The van der Waals surface area contributed by atoms with Gasteiger partial charge in [-0.1, -0.05) is 12.1 Å². The quantitative estimate of drug-likeness (QED) is 0.274. The number of guanidine groups is 1. The number of likely N-dealkylation sites (tertiary alicyclic amines) is 1. The number of aliphatic imine (C=N–C) groups is 1. The third-order valence-electron chi connectivity index (χ3n) is 4.64. The summed E-state index contributed by atoms with van der Waals surface area (Å²) in [5, 5.41) is 9.39. The molecule has 1 fully saturated rings. The normalized spacial score (nSPS) is 15.5. The summed E-state index contributed by atoms with van der Waals surface area (Å²) in [6.07, 6.45) is 2.47. The van der Waals surface area contributed by atoms with Gasteiger partial charge in [-0.05, 0) is 57.5 Å². The Kier molecular flexibility index (Phi) is 11.9. The molecule has 7 nitrogen and oxygen atoms in total. The lowest BCUT2D eigenvalue weighted by atomic mass is 10.1. The average molecular weight is 503 g/mol. The summed E-state index contributed by atoms with van der Waals surface area (Å²) in [6.45, 7) is 8.35. The molecule has 1 aliphatic heterocycles. The number of methoxy groups -OCH3 is 1. The zero-order chi connectivity index (χ0) is 19.5. The van der Waals surface area contributed by atoms with Crippen LogP contribution in [0.3, 0.4) is 0 Å². The van der Waals surface area contributed by atoms with E-state index in [2.05, 4.69) is 38.0 Å². The van der Waals surface area contributed by atoms with E-state index < -0.39 is 0 Å². The van der Waals surface area contributed by atoms with Gasteiger partial charge < -0.3 is 20.7 Å². The van der Waals surface area contributed by atoms with Gasteiger partial charge in [0.2, 0.25) is 5.91 Å². The highest BCUT2D eigenvalue weighted by Crippen LogP contribution is 2.26. The number of benzene rings is 1. The molecule has 3 N–H and O–H groups in total. The zero-order valence-electron chi connectivity index (χ0n) is 17.2. The van der Waals surface area contributed by atoms with Crippen molar-refractivity contribution in [2.45, 2.75) is 32.7 Å². The van der Waals surface area contributed by atoms with Crippen LogP contribution in [0.25, 0.3) is 0 Å². The predicted molar refractivity (Wildman–Crippen MR) is 125 cm³/mol. The van der Waals surface area contributed by atoms with Crippen LogP contribution in [-0.4, -0.2) is 63.1 Å². The fourth-order valence-corrected chi connectivity index (χ4v) is 3.28. The molecule has 0 aliphatic carbocycles. The van der Waals surface area contributed by atoms with Gasteiger partial charge in [-0.25, -0.2) is 4.99 Å². The molecule has 0 spiro atoms. The molecule has 1 saturated heterocycles. The van der Waals surface area contributed by atoms with Gasteiger partial charge >= 0.3 is 0 Å². The lowest BCUT2D eigenvalue weighted by Crippen LogP contribution is -2.43. The maximum Gasteiger partial charge on any atom is 0.241 e. The van der Waals surface area contributed by atoms with Crippen LogP contribution in [0.5, 0.6) is 5.75 Å². The number of ether oxygens (including phenoxy) is 1. The molecule has 2 rings (SSSR count). The number of nitrogens with one attached hydrogen (secondary N) is 3. The van der Waals surface area contributed by atoms with Crippen LogP contribution in [0.2, 0.25) is 0 Å². The number of hydrogen-bond donors (Lipinski definition) is 3. The van der Waals surface area contributed by atoms with Gasteiger partial charge in [0.05, 0.1) is 13.2 Å². The van der Waals surface area contributed by atoms with Crippen molar-refractivity contribution in [3.8, 4) is 5.75 Å². The maximum atomic E-state index is 11.7. The molecule has 1 heterocycles. The van der Waals surface area contributed by atoms with E-state index in [1.165, 1.54) is 18.4 Å². The molecule has 0 radical (unpaired) electrons. The molecule has 1 aliphatic rings. The van der Waals surface area contributed by atoms with Crippen molar-refractivity contribution in [3.05, 3.63) is 29.8 Å². The number of carbonyl (C=O) groups is 1. The molecule has 158 valence electrons. The maximum absolute atomic E-state index is 11.7. The summed E-state index contributed by atoms with van der Waals surface area (Å²) in [5.74, 6) is 1.46. The molecule has 28 heavy (non-hydrogen) atoms. The van der Waals surface area contributed by atoms with Crippen molar-refractivity contribution >= 4 is 35.8 Å². The van der Waals surface area contributed by atoms with Gasteiger partial charge in [0.1, 0.15) is 12.3 Å². The number of hydrogen-bond acceptors (Lipinski definition) is 4. The van der Waals surface area contributed by atoms with Crippen LogP contribution in [0.4, 0.5) is 0 Å². The van der Waals surface area contributed by atoms with E-state index in [1.54, 1.807) is 7.11 Å². The first-order valence-corrected chi connectivity index (χ1v) is 9.84. The first-order chi connectivity index (χ1) is 13.2. The van der Waals surface area contributed by atoms with Gasteiger partial charge in [0, 0.05) is 19.6 Å². The molecular formula is C20H34IN5O2. The van der Waals surface area contributed by atoms with Crippen molar-refractivity contribution in [2.75, 3.05) is 46.4 Å². The van der Waals surface area contributed by atoms with Gasteiger partial charge in [-0.15, -0.1) is 24.0 Å². The molecule has 1 unspecified atom stereocenters. The Balaban J connectivity index is 0.00000392. The summed E-state index contributed by atoms with van der Waals surface area (Å²) >= 11 is 0. The van der Waals surface area contributed by atoms with Crippen molar-refractivity contribution < 1.29 is 9.53 Å². The number of carbonyl (C=O) groups excluding carboxylic acids is 1. The van der Waals surface area contributed by atoms with E-state index in [9.17, 15) is 4.79 Å². The summed E-state index contributed by atoms with van der Waals surface area (Å²) in [7, 11) is 1.68. The lowest BCUT2D eigenvalue weighted by molar-refractivity contribution is -0.119. The minimum absolute atomic E-state index is 0. The molecule has 8 heteroatoms. The SMILES string of the molecule is CCNC(=O)CN=C(NCC)NCC(c1ccc(OC)cc1)N1CCCC1.I. The lowest BCUT2D eigenvalue weighted by Gasteiger charge is -2.29. The molecule has 1 amide bonds. The second-order valence-corrected chi connectivity index (χ2v) is 6.56. The highest BCUT2D eigenvalue weighted by Gasteiger charge is 2.23. The first-order valence-electron chi connectivity index (χ1n) is 9.84. The largest absolute Gasteiger partial charge is 0.497 e. The predicted octanol–water partition coefficient (Wildman–Crippen LogP) is 2.14. The van der Waals surface area contributed by atoms with Crippen LogP contribution in [-0.2, 0) is 4.79 Å². The number of amides is 1.